The van der Waals surface area contributed by atoms with E-state index in [1.807, 2.05) is 0 Å². The third-order valence-corrected chi connectivity index (χ3v) is 4.43. The van der Waals surface area contributed by atoms with Gasteiger partial charge in [-0.3, -0.25) is 19.3 Å². The summed E-state index contributed by atoms with van der Waals surface area (Å²) in [6, 6.07) is 4.63. The van der Waals surface area contributed by atoms with Crippen molar-refractivity contribution in [1.82, 2.24) is 0 Å². The summed E-state index contributed by atoms with van der Waals surface area (Å²) in [6.07, 6.45) is 2.86. The lowest BCUT2D eigenvalue weighted by Crippen LogP contribution is -2.43. The van der Waals surface area contributed by atoms with Crippen LogP contribution >= 0.6 is 0 Å². The minimum absolute atomic E-state index is 0.0242. The Labute approximate surface area is 127 Å². The van der Waals surface area contributed by atoms with Gasteiger partial charge < -0.3 is 5.73 Å². The van der Waals surface area contributed by atoms with Crippen LogP contribution in [-0.4, -0.2) is 23.6 Å². The van der Waals surface area contributed by atoms with Gasteiger partial charge in [-0.05, 0) is 37.5 Å². The van der Waals surface area contributed by atoms with Crippen molar-refractivity contribution in [2.75, 3.05) is 4.90 Å². The summed E-state index contributed by atoms with van der Waals surface area (Å²) in [5.41, 5.74) is 4.81. The Balaban J connectivity index is 2.02. The number of hydrogen-bond acceptors (Lipinski definition) is 3. The molecular formula is C16H16FN2O3. The molecule has 1 aliphatic carbocycles. The average molecular weight is 303 g/mol. The van der Waals surface area contributed by atoms with Crippen LogP contribution in [0.1, 0.15) is 25.7 Å². The molecule has 1 aromatic carbocycles. The van der Waals surface area contributed by atoms with Gasteiger partial charge in [-0.1, -0.05) is 6.07 Å². The first-order valence-electron chi connectivity index (χ1n) is 7.15. The molecule has 5 nitrogen and oxygen atoms in total. The van der Waals surface area contributed by atoms with E-state index in [9.17, 15) is 18.8 Å². The Hall–Kier alpha value is -2.24. The highest BCUT2D eigenvalue weighted by atomic mass is 19.1. The molecule has 1 saturated heterocycles. The molecule has 3 rings (SSSR count). The maximum Gasteiger partial charge on any atom is 0.240 e. The molecule has 2 aliphatic rings. The molecule has 2 unspecified atom stereocenters. The first-order valence-corrected chi connectivity index (χ1v) is 7.15. The van der Waals surface area contributed by atoms with Crippen molar-refractivity contribution in [3.05, 3.63) is 36.5 Å². The fourth-order valence-electron chi connectivity index (χ4n) is 3.45. The lowest BCUT2D eigenvalue weighted by atomic mass is 9.71. The van der Waals surface area contributed by atoms with E-state index in [4.69, 9.17) is 5.73 Å². The quantitative estimate of drug-likeness (QED) is 0.895. The van der Waals surface area contributed by atoms with E-state index in [-0.39, 0.29) is 24.5 Å². The molecule has 1 spiro atoms. The van der Waals surface area contributed by atoms with Crippen LogP contribution in [0.4, 0.5) is 10.1 Å². The number of ketones is 1. The van der Waals surface area contributed by atoms with Crippen LogP contribution in [-0.2, 0) is 14.4 Å². The van der Waals surface area contributed by atoms with Crippen LogP contribution < -0.4 is 10.6 Å². The Bertz CT molecular complexity index is 661. The van der Waals surface area contributed by atoms with Crippen molar-refractivity contribution >= 4 is 23.3 Å². The molecule has 2 fully saturated rings. The van der Waals surface area contributed by atoms with Gasteiger partial charge in [0.2, 0.25) is 11.8 Å². The fraction of sp³-hybridized carbons (Fsp3) is 0.375. The molecule has 1 aromatic rings. The lowest BCUT2D eigenvalue weighted by Gasteiger charge is -2.30. The van der Waals surface area contributed by atoms with Crippen LogP contribution in [0.3, 0.4) is 0 Å². The second-order valence-corrected chi connectivity index (χ2v) is 5.97. The SMILES string of the molecule is NC(=O)C1CC2(C[CH]CC(=O)C2)C(=O)N1c1cccc(F)c1. The first-order chi connectivity index (χ1) is 10.4. The molecule has 0 bridgehead atoms. The molecule has 22 heavy (non-hydrogen) atoms. The van der Waals surface area contributed by atoms with Crippen molar-refractivity contribution in [3.63, 3.8) is 0 Å². The van der Waals surface area contributed by atoms with E-state index in [2.05, 4.69) is 0 Å². The maximum atomic E-state index is 13.5. The predicted molar refractivity (Wildman–Crippen MR) is 77.1 cm³/mol. The summed E-state index contributed by atoms with van der Waals surface area (Å²) in [7, 11) is 0. The van der Waals surface area contributed by atoms with E-state index in [1.54, 1.807) is 12.5 Å². The van der Waals surface area contributed by atoms with E-state index in [1.165, 1.54) is 23.1 Å². The maximum absolute atomic E-state index is 13.5. The zero-order valence-corrected chi connectivity index (χ0v) is 11.9. The summed E-state index contributed by atoms with van der Waals surface area (Å²) in [4.78, 5) is 37.7. The van der Waals surface area contributed by atoms with Crippen LogP contribution in [0.25, 0.3) is 0 Å². The van der Waals surface area contributed by atoms with Crippen molar-refractivity contribution in [2.45, 2.75) is 31.7 Å². The first kappa shape index (κ1) is 14.7. The molecule has 1 aliphatic heterocycles. The number of anilines is 1. The van der Waals surface area contributed by atoms with E-state index >= 15 is 0 Å². The molecule has 1 heterocycles. The van der Waals surface area contributed by atoms with E-state index in [0.29, 0.717) is 18.5 Å². The molecule has 0 aromatic heterocycles. The van der Waals surface area contributed by atoms with Crippen LogP contribution in [0.5, 0.6) is 0 Å². The van der Waals surface area contributed by atoms with Crippen molar-refractivity contribution in [1.29, 1.82) is 0 Å². The van der Waals surface area contributed by atoms with Crippen molar-refractivity contribution in [3.8, 4) is 0 Å². The van der Waals surface area contributed by atoms with Gasteiger partial charge in [0.15, 0.2) is 0 Å². The Morgan fingerprint density at radius 1 is 1.36 bits per heavy atom. The molecule has 2 atom stereocenters. The second-order valence-electron chi connectivity index (χ2n) is 5.97. The number of Topliss-reactive ketones (excluding diaryl/α,β-unsaturated/α-hetero) is 1. The van der Waals surface area contributed by atoms with Crippen molar-refractivity contribution < 1.29 is 18.8 Å². The average Bonchev–Trinajstić information content (AvgIpc) is 2.72. The highest BCUT2D eigenvalue weighted by Gasteiger charge is 2.55. The van der Waals surface area contributed by atoms with Crippen molar-refractivity contribution in [2.24, 2.45) is 11.1 Å². The summed E-state index contributed by atoms with van der Waals surface area (Å²) in [5.74, 6) is -1.50. The third kappa shape index (κ3) is 2.28. The highest BCUT2D eigenvalue weighted by molar-refractivity contribution is 6.08. The molecular weight excluding hydrogens is 287 g/mol. The topological polar surface area (TPSA) is 80.5 Å². The lowest BCUT2D eigenvalue weighted by molar-refractivity contribution is -0.133. The number of primary amides is 1. The molecule has 6 heteroatoms. The number of carbonyl (C=O) groups excluding carboxylic acids is 3. The normalized spacial score (nSPS) is 28.4. The standard InChI is InChI=1S/C16H16FN2O3/c17-10-3-1-4-11(7-10)19-13(14(18)21)9-16(15(19)22)6-2-5-12(20)8-16/h1-4,7,13H,5-6,8-9H2,(H2,18,21). The predicted octanol–water partition coefficient (Wildman–Crippen LogP) is 1.36. The number of halogens is 1. The smallest absolute Gasteiger partial charge is 0.240 e. The zero-order chi connectivity index (χ0) is 15.9. The molecule has 1 radical (unpaired) electrons. The van der Waals surface area contributed by atoms with Gasteiger partial charge >= 0.3 is 0 Å². The summed E-state index contributed by atoms with van der Waals surface area (Å²) >= 11 is 0. The zero-order valence-electron chi connectivity index (χ0n) is 11.9. The number of nitrogens with zero attached hydrogens (tertiary/aromatic N) is 1. The number of hydrogen-bond donors (Lipinski definition) is 1. The monoisotopic (exact) mass is 303 g/mol. The van der Waals surface area contributed by atoms with Gasteiger partial charge in [-0.25, -0.2) is 4.39 Å². The fourth-order valence-corrected chi connectivity index (χ4v) is 3.45. The Kier molecular flexibility index (Phi) is 3.47. The molecule has 1 saturated carbocycles. The van der Waals surface area contributed by atoms with Gasteiger partial charge in [0.25, 0.3) is 0 Å². The Morgan fingerprint density at radius 2 is 2.14 bits per heavy atom. The van der Waals surface area contributed by atoms with Crippen LogP contribution in [0, 0.1) is 17.7 Å². The van der Waals surface area contributed by atoms with Crippen LogP contribution in [0.15, 0.2) is 24.3 Å². The minimum Gasteiger partial charge on any atom is -0.368 e. The number of nitrogens with two attached hydrogens (primary N) is 1. The molecule has 115 valence electrons. The largest absolute Gasteiger partial charge is 0.368 e. The molecule has 2 amide bonds. The van der Waals surface area contributed by atoms with Gasteiger partial charge in [0.05, 0.1) is 5.41 Å². The number of rotatable bonds is 2. The van der Waals surface area contributed by atoms with Crippen LogP contribution in [0.2, 0.25) is 0 Å². The molecule has 2 N–H and O–H groups in total. The summed E-state index contributed by atoms with van der Waals surface area (Å²) < 4.78 is 13.5. The number of amides is 2. The highest BCUT2D eigenvalue weighted by Crippen LogP contribution is 2.47. The third-order valence-electron chi connectivity index (χ3n) is 4.43. The van der Waals surface area contributed by atoms with Gasteiger partial charge in [-0.15, -0.1) is 0 Å². The summed E-state index contributed by atoms with van der Waals surface area (Å²) in [5, 5.41) is 0. The number of carbonyl (C=O) groups is 3. The van der Waals surface area contributed by atoms with Gasteiger partial charge in [-0.2, -0.15) is 0 Å². The Morgan fingerprint density at radius 3 is 2.77 bits per heavy atom. The van der Waals surface area contributed by atoms with E-state index < -0.39 is 23.2 Å². The minimum atomic E-state index is -0.915. The van der Waals surface area contributed by atoms with Gasteiger partial charge in [0.1, 0.15) is 17.6 Å². The number of benzene rings is 1. The van der Waals surface area contributed by atoms with E-state index in [0.717, 1.165) is 0 Å². The second kappa shape index (κ2) is 5.19. The summed E-state index contributed by atoms with van der Waals surface area (Å²) in [6.45, 7) is 0. The van der Waals surface area contributed by atoms with Gasteiger partial charge in [0, 0.05) is 18.5 Å².